The van der Waals surface area contributed by atoms with Gasteiger partial charge in [0, 0.05) is 24.2 Å². The second kappa shape index (κ2) is 6.02. The maximum Gasteiger partial charge on any atom is 0.211 e. The zero-order chi connectivity index (χ0) is 13.9. The molecular formula is C12H21N3O3S. The van der Waals surface area contributed by atoms with E-state index in [-0.39, 0.29) is 11.7 Å². The summed E-state index contributed by atoms with van der Waals surface area (Å²) in [6, 6.07) is 0. The number of rotatable bonds is 6. The number of sulfonamides is 1. The van der Waals surface area contributed by atoms with Gasteiger partial charge in [0.2, 0.25) is 10.0 Å². The van der Waals surface area contributed by atoms with E-state index in [2.05, 4.69) is 9.82 Å². The Balaban J connectivity index is 1.88. The first-order chi connectivity index (χ1) is 8.98. The molecule has 0 aliphatic carbocycles. The molecule has 1 N–H and O–H groups in total. The summed E-state index contributed by atoms with van der Waals surface area (Å²) < 4.78 is 33.2. The van der Waals surface area contributed by atoms with Crippen molar-refractivity contribution < 1.29 is 13.2 Å². The highest BCUT2D eigenvalue weighted by Crippen LogP contribution is 2.15. The summed E-state index contributed by atoms with van der Waals surface area (Å²) in [6.45, 7) is 6.04. The lowest BCUT2D eigenvalue weighted by molar-refractivity contribution is 0.109. The average molecular weight is 287 g/mol. The first kappa shape index (κ1) is 14.5. The van der Waals surface area contributed by atoms with E-state index in [0.29, 0.717) is 26.3 Å². The molecule has 19 heavy (non-hydrogen) atoms. The number of fused-ring (bicyclic) bond motifs is 1. The van der Waals surface area contributed by atoms with Gasteiger partial charge in [-0.1, -0.05) is 13.8 Å². The molecule has 6 nitrogen and oxygen atoms in total. The van der Waals surface area contributed by atoms with Crippen molar-refractivity contribution in [1.82, 2.24) is 14.5 Å². The number of hydrogen-bond donors (Lipinski definition) is 1. The molecule has 1 aromatic rings. The van der Waals surface area contributed by atoms with Gasteiger partial charge in [-0.15, -0.1) is 0 Å². The van der Waals surface area contributed by atoms with Crippen molar-refractivity contribution in [2.75, 3.05) is 18.9 Å². The maximum atomic E-state index is 11.7. The second-order valence-electron chi connectivity index (χ2n) is 5.21. The summed E-state index contributed by atoms with van der Waals surface area (Å²) in [4.78, 5) is 0. The second-order valence-corrected chi connectivity index (χ2v) is 7.06. The van der Waals surface area contributed by atoms with E-state index in [9.17, 15) is 8.42 Å². The third kappa shape index (κ3) is 4.02. The zero-order valence-corrected chi connectivity index (χ0v) is 12.2. The van der Waals surface area contributed by atoms with Crippen LogP contribution >= 0.6 is 0 Å². The van der Waals surface area contributed by atoms with Crippen molar-refractivity contribution in [3.8, 4) is 0 Å². The van der Waals surface area contributed by atoms with Gasteiger partial charge in [0.05, 0.1) is 31.7 Å². The van der Waals surface area contributed by atoms with Crippen molar-refractivity contribution >= 4 is 10.0 Å². The third-order valence-corrected chi connectivity index (χ3v) is 4.72. The molecule has 0 aromatic carbocycles. The van der Waals surface area contributed by atoms with E-state index in [0.717, 1.165) is 17.7 Å². The van der Waals surface area contributed by atoms with E-state index in [1.165, 1.54) is 0 Å². The molecule has 1 aliphatic rings. The SMILES string of the molecule is CC(C)CS(=O)(=O)NCCn1ncc2c1CCOC2. The summed E-state index contributed by atoms with van der Waals surface area (Å²) in [6.07, 6.45) is 2.64. The Morgan fingerprint density at radius 2 is 2.32 bits per heavy atom. The number of ether oxygens (including phenoxy) is 1. The molecule has 0 atom stereocenters. The molecule has 0 radical (unpaired) electrons. The normalized spacial score (nSPS) is 15.7. The predicted molar refractivity (Wildman–Crippen MR) is 72.2 cm³/mol. The molecule has 2 rings (SSSR count). The van der Waals surface area contributed by atoms with Crippen molar-refractivity contribution in [1.29, 1.82) is 0 Å². The van der Waals surface area contributed by atoms with Gasteiger partial charge >= 0.3 is 0 Å². The van der Waals surface area contributed by atoms with Gasteiger partial charge in [0.1, 0.15) is 0 Å². The van der Waals surface area contributed by atoms with Crippen LogP contribution in [0.2, 0.25) is 0 Å². The van der Waals surface area contributed by atoms with E-state index in [1.54, 1.807) is 6.20 Å². The van der Waals surface area contributed by atoms with Crippen LogP contribution < -0.4 is 4.72 Å². The van der Waals surface area contributed by atoms with E-state index >= 15 is 0 Å². The minimum atomic E-state index is -3.17. The highest BCUT2D eigenvalue weighted by Gasteiger charge is 2.16. The first-order valence-electron chi connectivity index (χ1n) is 6.56. The molecule has 108 valence electrons. The molecule has 1 aliphatic heterocycles. The highest BCUT2D eigenvalue weighted by molar-refractivity contribution is 7.89. The fraction of sp³-hybridized carbons (Fsp3) is 0.750. The minimum absolute atomic E-state index is 0.132. The van der Waals surface area contributed by atoms with Crippen molar-refractivity contribution in [3.63, 3.8) is 0 Å². The third-order valence-electron chi connectivity index (χ3n) is 2.97. The average Bonchev–Trinajstić information content (AvgIpc) is 2.71. The molecular weight excluding hydrogens is 266 g/mol. The van der Waals surface area contributed by atoms with E-state index in [4.69, 9.17) is 4.74 Å². The molecule has 2 heterocycles. The Kier molecular flexibility index (Phi) is 4.59. The van der Waals surface area contributed by atoms with Gasteiger partial charge in [0.25, 0.3) is 0 Å². The Morgan fingerprint density at radius 3 is 3.05 bits per heavy atom. The largest absolute Gasteiger partial charge is 0.376 e. The number of nitrogens with zero attached hydrogens (tertiary/aromatic N) is 2. The van der Waals surface area contributed by atoms with Crippen LogP contribution in [0.4, 0.5) is 0 Å². The standard InChI is InChI=1S/C12H21N3O3S/c1-10(2)9-19(16,17)14-4-5-15-12-3-6-18-8-11(12)7-13-15/h7,10,14H,3-6,8-9H2,1-2H3. The van der Waals surface area contributed by atoms with Crippen LogP contribution in [-0.2, 0) is 34.3 Å². The van der Waals surface area contributed by atoms with Crippen molar-refractivity contribution in [2.24, 2.45) is 5.92 Å². The zero-order valence-electron chi connectivity index (χ0n) is 11.4. The molecule has 7 heteroatoms. The molecule has 0 saturated heterocycles. The number of aromatic nitrogens is 2. The summed E-state index contributed by atoms with van der Waals surface area (Å²) in [5.74, 6) is 0.296. The van der Waals surface area contributed by atoms with Crippen molar-refractivity contribution in [3.05, 3.63) is 17.5 Å². The molecule has 0 saturated carbocycles. The topological polar surface area (TPSA) is 73.2 Å². The summed E-state index contributed by atoms with van der Waals surface area (Å²) >= 11 is 0. The fourth-order valence-electron chi connectivity index (χ4n) is 2.21. The molecule has 0 amide bonds. The lowest BCUT2D eigenvalue weighted by Gasteiger charge is -2.15. The first-order valence-corrected chi connectivity index (χ1v) is 8.22. The maximum absolute atomic E-state index is 11.7. The van der Waals surface area contributed by atoms with Gasteiger partial charge in [-0.25, -0.2) is 13.1 Å². The monoisotopic (exact) mass is 287 g/mol. The van der Waals surface area contributed by atoms with Crippen molar-refractivity contribution in [2.45, 2.75) is 33.4 Å². The van der Waals surface area contributed by atoms with Crippen LogP contribution in [0.1, 0.15) is 25.1 Å². The molecule has 1 aromatic heterocycles. The number of nitrogens with one attached hydrogen (secondary N) is 1. The van der Waals surface area contributed by atoms with Crippen LogP contribution in [0.5, 0.6) is 0 Å². The van der Waals surface area contributed by atoms with Gasteiger partial charge in [-0.3, -0.25) is 4.68 Å². The molecule has 0 unspecified atom stereocenters. The lowest BCUT2D eigenvalue weighted by atomic mass is 10.2. The van der Waals surface area contributed by atoms with Crippen LogP contribution in [0.15, 0.2) is 6.20 Å². The summed E-state index contributed by atoms with van der Waals surface area (Å²) in [7, 11) is -3.17. The van der Waals surface area contributed by atoms with Gasteiger partial charge < -0.3 is 4.74 Å². The van der Waals surface area contributed by atoms with Gasteiger partial charge in [-0.2, -0.15) is 5.10 Å². The quantitative estimate of drug-likeness (QED) is 0.828. The Morgan fingerprint density at radius 1 is 1.53 bits per heavy atom. The van der Waals surface area contributed by atoms with E-state index in [1.807, 2.05) is 18.5 Å². The van der Waals surface area contributed by atoms with Crippen LogP contribution in [0.3, 0.4) is 0 Å². The summed E-state index contributed by atoms with van der Waals surface area (Å²) in [5.41, 5.74) is 2.27. The van der Waals surface area contributed by atoms with Crippen LogP contribution in [0.25, 0.3) is 0 Å². The lowest BCUT2D eigenvalue weighted by Crippen LogP contribution is -2.31. The molecule has 0 fully saturated rings. The smallest absolute Gasteiger partial charge is 0.211 e. The van der Waals surface area contributed by atoms with Crippen LogP contribution in [0, 0.1) is 5.92 Å². The van der Waals surface area contributed by atoms with E-state index < -0.39 is 10.0 Å². The Bertz CT molecular complexity index is 522. The summed E-state index contributed by atoms with van der Waals surface area (Å²) in [5, 5.41) is 4.28. The molecule has 0 spiro atoms. The Labute approximate surface area is 114 Å². The van der Waals surface area contributed by atoms with Gasteiger partial charge in [-0.05, 0) is 5.92 Å². The predicted octanol–water partition coefficient (Wildman–Crippen LogP) is 0.531. The fourth-order valence-corrected chi connectivity index (χ4v) is 3.61. The number of hydrogen-bond acceptors (Lipinski definition) is 4. The minimum Gasteiger partial charge on any atom is -0.376 e. The van der Waals surface area contributed by atoms with Crippen LogP contribution in [-0.4, -0.2) is 37.1 Å². The molecule has 0 bridgehead atoms. The Hall–Kier alpha value is -0.920. The van der Waals surface area contributed by atoms with Gasteiger partial charge in [0.15, 0.2) is 0 Å². The highest BCUT2D eigenvalue weighted by atomic mass is 32.2.